The van der Waals surface area contributed by atoms with Crippen molar-refractivity contribution in [3.05, 3.63) is 76.6 Å². The third-order valence-corrected chi connectivity index (χ3v) is 7.37. The Hall–Kier alpha value is -3.87. The molecule has 1 aliphatic heterocycles. The number of hydrogen-bond donors (Lipinski definition) is 1. The number of nitrogens with one attached hydrogen (secondary N) is 1. The van der Waals surface area contributed by atoms with E-state index in [0.29, 0.717) is 30.0 Å². The lowest BCUT2D eigenvalue weighted by molar-refractivity contribution is -0.118. The smallest absolute Gasteiger partial charge is 0.262 e. The average molecular weight is 501 g/mol. The number of carbonyl (C=O) groups is 3. The number of anilines is 1. The molecule has 0 saturated carbocycles. The summed E-state index contributed by atoms with van der Waals surface area (Å²) in [6.45, 7) is 2.69. The number of benzene rings is 2. The highest BCUT2D eigenvalue weighted by Crippen LogP contribution is 2.49. The molecule has 0 unspecified atom stereocenters. The van der Waals surface area contributed by atoms with E-state index in [0.717, 1.165) is 60.3 Å². The Labute approximate surface area is 217 Å². The van der Waals surface area contributed by atoms with Gasteiger partial charge in [-0.3, -0.25) is 14.4 Å². The normalized spacial score (nSPS) is 17.9. The van der Waals surface area contributed by atoms with E-state index in [2.05, 4.69) is 17.1 Å². The topological polar surface area (TPSA) is 84.9 Å². The van der Waals surface area contributed by atoms with Gasteiger partial charge in [0.05, 0.1) is 12.8 Å². The zero-order valence-electron chi connectivity index (χ0n) is 21.3. The van der Waals surface area contributed by atoms with Crippen molar-refractivity contribution < 1.29 is 23.9 Å². The van der Waals surface area contributed by atoms with Gasteiger partial charge in [-0.1, -0.05) is 24.3 Å². The first-order chi connectivity index (χ1) is 18.0. The molecule has 37 heavy (non-hydrogen) atoms. The molecule has 7 heteroatoms. The highest BCUT2D eigenvalue weighted by Gasteiger charge is 2.42. The number of ether oxygens (including phenoxy) is 2. The van der Waals surface area contributed by atoms with Crippen molar-refractivity contribution in [2.45, 2.75) is 51.4 Å². The predicted octanol–water partition coefficient (Wildman–Crippen LogP) is 5.15. The van der Waals surface area contributed by atoms with Crippen LogP contribution in [0.4, 0.5) is 5.69 Å². The van der Waals surface area contributed by atoms with Crippen LogP contribution in [-0.2, 0) is 14.4 Å². The SMILES string of the molecule is CCN1C2=C(C(=O)CCC2)C(c2ccc(OCC(=O)Nc3ccccc3OC)cc2)C2=C1CCCC2=O. The Balaban J connectivity index is 1.37. The van der Waals surface area contributed by atoms with Crippen LogP contribution in [-0.4, -0.2) is 42.6 Å². The molecular weight excluding hydrogens is 468 g/mol. The van der Waals surface area contributed by atoms with Crippen molar-refractivity contribution in [3.8, 4) is 11.5 Å². The molecule has 0 aromatic heterocycles. The van der Waals surface area contributed by atoms with Crippen LogP contribution in [0.25, 0.3) is 0 Å². The van der Waals surface area contributed by atoms with E-state index < -0.39 is 0 Å². The lowest BCUT2D eigenvalue weighted by atomic mass is 9.71. The van der Waals surface area contributed by atoms with Gasteiger partial charge in [-0.15, -0.1) is 0 Å². The second-order valence-corrected chi connectivity index (χ2v) is 9.56. The van der Waals surface area contributed by atoms with Gasteiger partial charge in [0, 0.05) is 47.8 Å². The summed E-state index contributed by atoms with van der Waals surface area (Å²) in [5.41, 5.74) is 5.23. The number of methoxy groups -OCH3 is 1. The highest BCUT2D eigenvalue weighted by molar-refractivity contribution is 6.06. The molecule has 2 aromatic rings. The maximum Gasteiger partial charge on any atom is 0.262 e. The maximum absolute atomic E-state index is 13.2. The zero-order valence-corrected chi connectivity index (χ0v) is 21.3. The number of allylic oxidation sites excluding steroid dienone is 4. The largest absolute Gasteiger partial charge is 0.495 e. The first kappa shape index (κ1) is 24.8. The van der Waals surface area contributed by atoms with E-state index in [1.807, 2.05) is 24.3 Å². The molecule has 0 spiro atoms. The van der Waals surface area contributed by atoms with E-state index in [-0.39, 0.29) is 30.0 Å². The lowest BCUT2D eigenvalue weighted by Gasteiger charge is -2.43. The summed E-state index contributed by atoms with van der Waals surface area (Å²) in [6, 6.07) is 14.6. The summed E-state index contributed by atoms with van der Waals surface area (Å²) in [4.78, 5) is 41.1. The van der Waals surface area contributed by atoms with Crippen molar-refractivity contribution in [2.75, 3.05) is 25.6 Å². The minimum atomic E-state index is -0.337. The molecule has 2 aromatic carbocycles. The highest BCUT2D eigenvalue weighted by atomic mass is 16.5. The fourth-order valence-corrected chi connectivity index (χ4v) is 5.77. The van der Waals surface area contributed by atoms with E-state index in [1.54, 1.807) is 31.4 Å². The number of para-hydroxylation sites is 2. The van der Waals surface area contributed by atoms with Crippen LogP contribution in [0.15, 0.2) is 71.1 Å². The number of carbonyl (C=O) groups excluding carboxylic acids is 3. The summed E-state index contributed by atoms with van der Waals surface area (Å²) in [5.74, 6) is 0.761. The predicted molar refractivity (Wildman–Crippen MR) is 140 cm³/mol. The minimum absolute atomic E-state index is 0.142. The number of rotatable bonds is 7. The van der Waals surface area contributed by atoms with Gasteiger partial charge in [-0.05, 0) is 62.4 Å². The second-order valence-electron chi connectivity index (χ2n) is 9.56. The summed E-state index contributed by atoms with van der Waals surface area (Å²) >= 11 is 0. The van der Waals surface area contributed by atoms with Crippen LogP contribution < -0.4 is 14.8 Å². The van der Waals surface area contributed by atoms with Gasteiger partial charge in [-0.2, -0.15) is 0 Å². The van der Waals surface area contributed by atoms with E-state index >= 15 is 0 Å². The molecule has 2 aliphatic carbocycles. The van der Waals surface area contributed by atoms with Crippen LogP contribution in [0.1, 0.15) is 56.9 Å². The van der Waals surface area contributed by atoms with E-state index in [9.17, 15) is 14.4 Å². The standard InChI is InChI=1S/C30H32N2O5/c1-3-32-22-9-6-11-24(33)29(22)28(30-23(32)10-7-12-25(30)34)19-14-16-20(17-15-19)37-18-27(35)31-21-8-4-5-13-26(21)36-2/h4-5,8,13-17,28H,3,6-7,9-12,18H2,1-2H3,(H,31,35). The Morgan fingerprint density at radius 1 is 0.919 bits per heavy atom. The van der Waals surface area contributed by atoms with Gasteiger partial charge in [0.25, 0.3) is 5.91 Å². The van der Waals surface area contributed by atoms with Gasteiger partial charge >= 0.3 is 0 Å². The number of ketones is 2. The molecule has 1 amide bonds. The van der Waals surface area contributed by atoms with Crippen LogP contribution >= 0.6 is 0 Å². The van der Waals surface area contributed by atoms with Gasteiger partial charge in [0.1, 0.15) is 11.5 Å². The third kappa shape index (κ3) is 4.78. The van der Waals surface area contributed by atoms with Crippen molar-refractivity contribution in [1.82, 2.24) is 4.90 Å². The van der Waals surface area contributed by atoms with Gasteiger partial charge in [-0.25, -0.2) is 0 Å². The van der Waals surface area contributed by atoms with Crippen molar-refractivity contribution in [3.63, 3.8) is 0 Å². The lowest BCUT2D eigenvalue weighted by Crippen LogP contribution is -2.39. The molecule has 1 heterocycles. The molecule has 1 N–H and O–H groups in total. The molecule has 5 rings (SSSR count). The van der Waals surface area contributed by atoms with E-state index in [4.69, 9.17) is 9.47 Å². The first-order valence-electron chi connectivity index (χ1n) is 13.0. The summed E-state index contributed by atoms with van der Waals surface area (Å²) in [5, 5.41) is 2.80. The summed E-state index contributed by atoms with van der Waals surface area (Å²) in [7, 11) is 1.55. The van der Waals surface area contributed by atoms with Crippen LogP contribution in [0, 0.1) is 0 Å². The van der Waals surface area contributed by atoms with Crippen LogP contribution in [0.3, 0.4) is 0 Å². The fraction of sp³-hybridized carbons (Fsp3) is 0.367. The molecular formula is C30H32N2O5. The van der Waals surface area contributed by atoms with Crippen molar-refractivity contribution in [2.24, 2.45) is 0 Å². The van der Waals surface area contributed by atoms with Gasteiger partial charge < -0.3 is 19.7 Å². The molecule has 0 atom stereocenters. The van der Waals surface area contributed by atoms with Gasteiger partial charge in [0.2, 0.25) is 0 Å². The Morgan fingerprint density at radius 2 is 1.54 bits per heavy atom. The molecule has 192 valence electrons. The third-order valence-electron chi connectivity index (χ3n) is 7.37. The van der Waals surface area contributed by atoms with E-state index in [1.165, 1.54) is 0 Å². The maximum atomic E-state index is 13.2. The minimum Gasteiger partial charge on any atom is -0.495 e. The Morgan fingerprint density at radius 3 is 2.14 bits per heavy atom. The van der Waals surface area contributed by atoms with Crippen LogP contribution in [0.5, 0.6) is 11.5 Å². The average Bonchev–Trinajstić information content (AvgIpc) is 2.92. The Kier molecular flexibility index (Phi) is 7.12. The molecule has 7 nitrogen and oxygen atoms in total. The summed E-state index contributed by atoms with van der Waals surface area (Å²) in [6.07, 6.45) is 4.46. The quantitative estimate of drug-likeness (QED) is 0.566. The summed E-state index contributed by atoms with van der Waals surface area (Å²) < 4.78 is 11.0. The van der Waals surface area contributed by atoms with Crippen LogP contribution in [0.2, 0.25) is 0 Å². The fourth-order valence-electron chi connectivity index (χ4n) is 5.77. The molecule has 0 fully saturated rings. The number of amides is 1. The number of nitrogens with zero attached hydrogens (tertiary/aromatic N) is 1. The monoisotopic (exact) mass is 500 g/mol. The molecule has 3 aliphatic rings. The van der Waals surface area contributed by atoms with Crippen molar-refractivity contribution >= 4 is 23.2 Å². The first-order valence-corrected chi connectivity index (χ1v) is 13.0. The number of hydrogen-bond acceptors (Lipinski definition) is 6. The van der Waals surface area contributed by atoms with Crippen molar-refractivity contribution in [1.29, 1.82) is 0 Å². The molecule has 0 bridgehead atoms. The van der Waals surface area contributed by atoms with Gasteiger partial charge in [0.15, 0.2) is 18.2 Å². The second kappa shape index (κ2) is 10.6. The molecule has 0 radical (unpaired) electrons. The Bertz CT molecular complexity index is 1250. The zero-order chi connectivity index (χ0) is 25.9. The molecule has 0 saturated heterocycles. The number of Topliss-reactive ketones (excluding diaryl/α,β-unsaturated/α-hetero) is 2.